The van der Waals surface area contributed by atoms with Crippen molar-refractivity contribution >= 4 is 0 Å². The summed E-state index contributed by atoms with van der Waals surface area (Å²) in [7, 11) is 0. The molecular formula is C15H27N3O. The Morgan fingerprint density at radius 1 is 1.32 bits per heavy atom. The highest BCUT2D eigenvalue weighted by molar-refractivity contribution is 5.22. The quantitative estimate of drug-likeness (QED) is 0.778. The second-order valence-corrected chi connectivity index (χ2v) is 5.76. The number of aromatic amines is 1. The van der Waals surface area contributed by atoms with Crippen molar-refractivity contribution in [3.63, 3.8) is 0 Å². The van der Waals surface area contributed by atoms with Crippen LogP contribution < -0.4 is 5.32 Å². The summed E-state index contributed by atoms with van der Waals surface area (Å²) < 4.78 is 5.99. The number of ether oxygens (including phenoxy) is 1. The lowest BCUT2D eigenvalue weighted by atomic mass is 9.88. The number of hydrogen-bond donors (Lipinski definition) is 2. The Kier molecular flexibility index (Phi) is 5.40. The van der Waals surface area contributed by atoms with E-state index in [9.17, 15) is 0 Å². The smallest absolute Gasteiger partial charge is 0.0638 e. The topological polar surface area (TPSA) is 49.9 Å². The van der Waals surface area contributed by atoms with E-state index in [2.05, 4.69) is 29.4 Å². The molecule has 0 aliphatic heterocycles. The van der Waals surface area contributed by atoms with Crippen molar-refractivity contribution in [2.75, 3.05) is 13.2 Å². The van der Waals surface area contributed by atoms with Gasteiger partial charge in [0.05, 0.1) is 18.4 Å². The number of hydrogen-bond acceptors (Lipinski definition) is 3. The average Bonchev–Trinajstić information content (AvgIpc) is 2.72. The van der Waals surface area contributed by atoms with Crippen molar-refractivity contribution in [2.45, 2.75) is 59.1 Å². The summed E-state index contributed by atoms with van der Waals surface area (Å²) in [6.45, 7) is 9.02. The normalized spacial score (nSPS) is 23.7. The number of rotatable bonds is 6. The third-order valence-electron chi connectivity index (χ3n) is 4.23. The van der Waals surface area contributed by atoms with Gasteiger partial charge >= 0.3 is 0 Å². The van der Waals surface area contributed by atoms with Crippen LogP contribution in [-0.4, -0.2) is 29.5 Å². The highest BCUT2D eigenvalue weighted by Gasteiger charge is 2.21. The van der Waals surface area contributed by atoms with Gasteiger partial charge in [0.25, 0.3) is 0 Å². The molecule has 1 heterocycles. The second-order valence-electron chi connectivity index (χ2n) is 5.76. The number of aryl methyl sites for hydroxylation is 2. The standard InChI is InChI=1S/C15H27N3O/c1-11-6-4-5-7-15(11)19-9-8-16-10-14-12(2)17-18-13(14)3/h11,15-16H,4-10H2,1-3H3,(H,17,18). The monoisotopic (exact) mass is 265 g/mol. The van der Waals surface area contributed by atoms with Crippen LogP contribution in [0.1, 0.15) is 49.6 Å². The summed E-state index contributed by atoms with van der Waals surface area (Å²) in [4.78, 5) is 0. The molecule has 19 heavy (non-hydrogen) atoms. The maximum Gasteiger partial charge on any atom is 0.0638 e. The van der Waals surface area contributed by atoms with E-state index in [1.807, 2.05) is 6.92 Å². The van der Waals surface area contributed by atoms with Gasteiger partial charge in [-0.15, -0.1) is 0 Å². The number of nitrogens with one attached hydrogen (secondary N) is 2. The van der Waals surface area contributed by atoms with Gasteiger partial charge < -0.3 is 10.1 Å². The summed E-state index contributed by atoms with van der Waals surface area (Å²) in [5, 5.41) is 10.7. The van der Waals surface area contributed by atoms with E-state index in [1.165, 1.54) is 31.2 Å². The SMILES string of the molecule is Cc1n[nH]c(C)c1CNCCOC1CCCCC1C. The van der Waals surface area contributed by atoms with E-state index in [0.717, 1.165) is 37.0 Å². The molecule has 4 nitrogen and oxygen atoms in total. The van der Waals surface area contributed by atoms with Gasteiger partial charge in [-0.05, 0) is 32.6 Å². The summed E-state index contributed by atoms with van der Waals surface area (Å²) in [6.07, 6.45) is 5.74. The minimum Gasteiger partial charge on any atom is -0.377 e. The van der Waals surface area contributed by atoms with Crippen LogP contribution in [0.4, 0.5) is 0 Å². The molecule has 1 aliphatic carbocycles. The first-order valence-corrected chi connectivity index (χ1v) is 7.51. The molecule has 1 fully saturated rings. The minimum atomic E-state index is 0.480. The third kappa shape index (κ3) is 4.05. The Hall–Kier alpha value is -0.870. The zero-order valence-electron chi connectivity index (χ0n) is 12.5. The third-order valence-corrected chi connectivity index (χ3v) is 4.23. The molecule has 0 spiro atoms. The van der Waals surface area contributed by atoms with Gasteiger partial charge in [0.1, 0.15) is 0 Å². The van der Waals surface area contributed by atoms with Crippen molar-refractivity contribution in [3.05, 3.63) is 17.0 Å². The molecule has 1 aromatic rings. The molecular weight excluding hydrogens is 238 g/mol. The Balaban J connectivity index is 1.62. The summed E-state index contributed by atoms with van der Waals surface area (Å²) in [5.74, 6) is 0.729. The summed E-state index contributed by atoms with van der Waals surface area (Å²) in [5.41, 5.74) is 3.53. The maximum absolute atomic E-state index is 5.99. The number of aromatic nitrogens is 2. The fourth-order valence-corrected chi connectivity index (χ4v) is 2.86. The minimum absolute atomic E-state index is 0.480. The maximum atomic E-state index is 5.99. The molecule has 0 saturated heterocycles. The van der Waals surface area contributed by atoms with Crippen LogP contribution >= 0.6 is 0 Å². The molecule has 108 valence electrons. The number of nitrogens with zero attached hydrogens (tertiary/aromatic N) is 1. The largest absolute Gasteiger partial charge is 0.377 e. The van der Waals surface area contributed by atoms with Crippen LogP contribution in [0.2, 0.25) is 0 Å². The van der Waals surface area contributed by atoms with E-state index in [4.69, 9.17) is 4.74 Å². The fraction of sp³-hybridized carbons (Fsp3) is 0.800. The van der Waals surface area contributed by atoms with Crippen molar-refractivity contribution in [1.29, 1.82) is 0 Å². The van der Waals surface area contributed by atoms with E-state index in [0.29, 0.717) is 6.10 Å². The average molecular weight is 265 g/mol. The zero-order chi connectivity index (χ0) is 13.7. The van der Waals surface area contributed by atoms with Gasteiger partial charge in [-0.1, -0.05) is 19.8 Å². The van der Waals surface area contributed by atoms with Crippen LogP contribution in [0.5, 0.6) is 0 Å². The highest BCUT2D eigenvalue weighted by atomic mass is 16.5. The molecule has 0 radical (unpaired) electrons. The lowest BCUT2D eigenvalue weighted by Gasteiger charge is -2.28. The summed E-state index contributed by atoms with van der Waals surface area (Å²) in [6, 6.07) is 0. The van der Waals surface area contributed by atoms with Crippen molar-refractivity contribution in [1.82, 2.24) is 15.5 Å². The lowest BCUT2D eigenvalue weighted by molar-refractivity contribution is -0.00323. The Bertz CT molecular complexity index is 369. The van der Waals surface area contributed by atoms with Crippen LogP contribution in [0.15, 0.2) is 0 Å². The van der Waals surface area contributed by atoms with Crippen LogP contribution in [-0.2, 0) is 11.3 Å². The first-order chi connectivity index (χ1) is 9.18. The molecule has 2 N–H and O–H groups in total. The zero-order valence-corrected chi connectivity index (χ0v) is 12.5. The predicted molar refractivity (Wildman–Crippen MR) is 77.1 cm³/mol. The molecule has 0 amide bonds. The van der Waals surface area contributed by atoms with Crippen molar-refractivity contribution in [3.8, 4) is 0 Å². The predicted octanol–water partition coefficient (Wildman–Crippen LogP) is 2.71. The molecule has 1 aliphatic rings. The summed E-state index contributed by atoms with van der Waals surface area (Å²) >= 11 is 0. The molecule has 2 unspecified atom stereocenters. The highest BCUT2D eigenvalue weighted by Crippen LogP contribution is 2.25. The van der Waals surface area contributed by atoms with Crippen LogP contribution in [0.3, 0.4) is 0 Å². The first kappa shape index (κ1) is 14.5. The van der Waals surface area contributed by atoms with Gasteiger partial charge in [0.2, 0.25) is 0 Å². The Morgan fingerprint density at radius 3 is 2.79 bits per heavy atom. The lowest BCUT2D eigenvalue weighted by Crippen LogP contribution is -2.29. The van der Waals surface area contributed by atoms with Crippen molar-refractivity contribution < 1.29 is 4.74 Å². The molecule has 0 bridgehead atoms. The first-order valence-electron chi connectivity index (χ1n) is 7.51. The van der Waals surface area contributed by atoms with Crippen LogP contribution in [0.25, 0.3) is 0 Å². The Morgan fingerprint density at radius 2 is 2.11 bits per heavy atom. The fourth-order valence-electron chi connectivity index (χ4n) is 2.86. The van der Waals surface area contributed by atoms with E-state index in [-0.39, 0.29) is 0 Å². The molecule has 4 heteroatoms. The van der Waals surface area contributed by atoms with E-state index in [1.54, 1.807) is 0 Å². The van der Waals surface area contributed by atoms with Gasteiger partial charge in [-0.2, -0.15) is 5.10 Å². The van der Waals surface area contributed by atoms with Crippen molar-refractivity contribution in [2.24, 2.45) is 5.92 Å². The van der Waals surface area contributed by atoms with E-state index < -0.39 is 0 Å². The molecule has 2 atom stereocenters. The van der Waals surface area contributed by atoms with Gasteiger partial charge in [0, 0.05) is 24.3 Å². The van der Waals surface area contributed by atoms with Gasteiger partial charge in [0.15, 0.2) is 0 Å². The number of H-pyrrole nitrogens is 1. The van der Waals surface area contributed by atoms with Gasteiger partial charge in [-0.3, -0.25) is 5.10 Å². The van der Waals surface area contributed by atoms with E-state index >= 15 is 0 Å². The second kappa shape index (κ2) is 7.06. The van der Waals surface area contributed by atoms with Crippen LogP contribution in [0, 0.1) is 19.8 Å². The Labute approximate surface area is 116 Å². The van der Waals surface area contributed by atoms with Gasteiger partial charge in [-0.25, -0.2) is 0 Å². The molecule has 2 rings (SSSR count). The molecule has 1 aromatic heterocycles. The molecule has 1 saturated carbocycles. The molecule has 0 aromatic carbocycles.